The van der Waals surface area contributed by atoms with Gasteiger partial charge in [0.15, 0.2) is 0 Å². The minimum absolute atomic E-state index is 0. The Labute approximate surface area is 93.6 Å². The Morgan fingerprint density at radius 2 is 1.47 bits per heavy atom. The van der Waals surface area contributed by atoms with Crippen molar-refractivity contribution in [3.63, 3.8) is 0 Å². The van der Waals surface area contributed by atoms with Crippen LogP contribution in [0.4, 0.5) is 0 Å². The Bertz CT molecular complexity index is 231. The lowest BCUT2D eigenvalue weighted by atomic mass is 9.48. The van der Waals surface area contributed by atoms with Gasteiger partial charge in [-0.1, -0.05) is 7.43 Å². The summed E-state index contributed by atoms with van der Waals surface area (Å²) in [6.45, 7) is 1.78. The van der Waals surface area contributed by atoms with Crippen LogP contribution in [0.1, 0.15) is 59.3 Å². The van der Waals surface area contributed by atoms with E-state index in [9.17, 15) is 4.79 Å². The van der Waals surface area contributed by atoms with Gasteiger partial charge in [0, 0.05) is 6.42 Å². The zero-order chi connectivity index (χ0) is 9.76. The Morgan fingerprint density at radius 3 is 1.80 bits per heavy atom. The van der Waals surface area contributed by atoms with E-state index in [0.717, 1.165) is 24.2 Å². The molecule has 0 heterocycles. The number of ketones is 1. The quantitative estimate of drug-likeness (QED) is 0.674. The molecule has 1 nitrogen and oxygen atoms in total. The fourth-order valence-electron chi connectivity index (χ4n) is 5.03. The van der Waals surface area contributed by atoms with Gasteiger partial charge in [0.1, 0.15) is 5.78 Å². The van der Waals surface area contributed by atoms with Crippen LogP contribution in [0.5, 0.6) is 0 Å². The predicted octanol–water partition coefficient (Wildman–Crippen LogP) is 3.82. The molecule has 0 amide bonds. The van der Waals surface area contributed by atoms with Crippen molar-refractivity contribution in [3.8, 4) is 0 Å². The van der Waals surface area contributed by atoms with E-state index in [1.54, 1.807) is 6.92 Å². The van der Waals surface area contributed by atoms with E-state index in [2.05, 4.69) is 0 Å². The zero-order valence-electron chi connectivity index (χ0n) is 9.09. The number of Topliss-reactive ketones (excluding diaryl/α,β-unsaturated/α-hetero) is 1. The first-order valence-electron chi connectivity index (χ1n) is 6.15. The van der Waals surface area contributed by atoms with Crippen molar-refractivity contribution in [3.05, 3.63) is 0 Å². The first kappa shape index (κ1) is 11.2. The third-order valence-corrected chi connectivity index (χ3v) is 4.79. The summed E-state index contributed by atoms with van der Waals surface area (Å²) in [4.78, 5) is 11.3. The molecule has 4 rings (SSSR count). The molecule has 4 bridgehead atoms. The van der Waals surface area contributed by atoms with Crippen molar-refractivity contribution < 1.29 is 4.79 Å². The van der Waals surface area contributed by atoms with Gasteiger partial charge in [0.25, 0.3) is 0 Å². The Morgan fingerprint density at radius 1 is 1.07 bits per heavy atom. The molecule has 0 radical (unpaired) electrons. The molecule has 0 aromatic heterocycles. The molecule has 0 aromatic carbocycles. The van der Waals surface area contributed by atoms with E-state index in [4.69, 9.17) is 0 Å². The second kappa shape index (κ2) is 3.61. The lowest BCUT2D eigenvalue weighted by Crippen LogP contribution is -2.46. The Hall–Kier alpha value is -0.330. The summed E-state index contributed by atoms with van der Waals surface area (Å²) >= 11 is 0. The lowest BCUT2D eigenvalue weighted by molar-refractivity contribution is -0.125. The van der Waals surface area contributed by atoms with E-state index in [-0.39, 0.29) is 7.43 Å². The van der Waals surface area contributed by atoms with Crippen LogP contribution in [-0.2, 0) is 4.79 Å². The minimum Gasteiger partial charge on any atom is -0.300 e. The van der Waals surface area contributed by atoms with Gasteiger partial charge in [-0.25, -0.2) is 0 Å². The number of carbonyl (C=O) groups excluding carboxylic acids is 1. The van der Waals surface area contributed by atoms with Gasteiger partial charge in [-0.15, -0.1) is 0 Å². The lowest BCUT2D eigenvalue weighted by Gasteiger charge is -2.56. The van der Waals surface area contributed by atoms with Gasteiger partial charge in [0.05, 0.1) is 0 Å². The molecule has 15 heavy (non-hydrogen) atoms. The van der Waals surface area contributed by atoms with Gasteiger partial charge in [-0.3, -0.25) is 0 Å². The molecule has 4 aliphatic carbocycles. The molecule has 0 spiro atoms. The van der Waals surface area contributed by atoms with Gasteiger partial charge < -0.3 is 4.79 Å². The minimum atomic E-state index is 0. The van der Waals surface area contributed by atoms with Crippen LogP contribution < -0.4 is 0 Å². The monoisotopic (exact) mass is 208 g/mol. The van der Waals surface area contributed by atoms with E-state index >= 15 is 0 Å². The number of hydrogen-bond acceptors (Lipinski definition) is 1. The first-order chi connectivity index (χ1) is 6.65. The van der Waals surface area contributed by atoms with Crippen LogP contribution in [0.2, 0.25) is 0 Å². The van der Waals surface area contributed by atoms with Gasteiger partial charge in [-0.05, 0) is 68.6 Å². The summed E-state index contributed by atoms with van der Waals surface area (Å²) < 4.78 is 0. The molecule has 1 heteroatoms. The molecule has 0 aliphatic heterocycles. The Kier molecular flexibility index (Phi) is 2.68. The summed E-state index contributed by atoms with van der Waals surface area (Å²) in [5.41, 5.74) is 0.473. The number of hydrogen-bond donors (Lipinski definition) is 0. The van der Waals surface area contributed by atoms with Gasteiger partial charge in [-0.2, -0.15) is 0 Å². The molecule has 0 N–H and O–H groups in total. The van der Waals surface area contributed by atoms with Crippen LogP contribution in [0, 0.1) is 23.2 Å². The highest BCUT2D eigenvalue weighted by atomic mass is 16.1. The number of carbonyl (C=O) groups is 1. The SMILES string of the molecule is C.CC(=O)CC12CC3CC(CC(C3)C1)C2. The highest BCUT2D eigenvalue weighted by Crippen LogP contribution is 2.61. The highest BCUT2D eigenvalue weighted by molar-refractivity contribution is 5.76. The van der Waals surface area contributed by atoms with Crippen molar-refractivity contribution in [1.82, 2.24) is 0 Å². The standard InChI is InChI=1S/C13H20O.CH4/c1-9(14)5-13-6-10-2-11(7-13)4-12(3-10)8-13;/h10-12H,2-8H2,1H3;1H4. The summed E-state index contributed by atoms with van der Waals surface area (Å²) in [5, 5.41) is 0. The summed E-state index contributed by atoms with van der Waals surface area (Å²) in [7, 11) is 0. The normalized spacial score (nSPS) is 46.3. The smallest absolute Gasteiger partial charge is 0.130 e. The van der Waals surface area contributed by atoms with Crippen LogP contribution in [0.25, 0.3) is 0 Å². The second-order valence-electron chi connectivity index (χ2n) is 6.30. The maximum absolute atomic E-state index is 11.3. The van der Waals surface area contributed by atoms with Crippen LogP contribution in [0.15, 0.2) is 0 Å². The average Bonchev–Trinajstić information content (AvgIpc) is 1.96. The summed E-state index contributed by atoms with van der Waals surface area (Å²) in [6, 6.07) is 0. The first-order valence-corrected chi connectivity index (χ1v) is 6.15. The van der Waals surface area contributed by atoms with Crippen LogP contribution in [0.3, 0.4) is 0 Å². The van der Waals surface area contributed by atoms with Crippen molar-refractivity contribution >= 4 is 5.78 Å². The van der Waals surface area contributed by atoms with E-state index in [1.807, 2.05) is 0 Å². The van der Waals surface area contributed by atoms with E-state index < -0.39 is 0 Å². The molecule has 0 aromatic rings. The topological polar surface area (TPSA) is 17.1 Å². The molecular formula is C14H24O. The van der Waals surface area contributed by atoms with Crippen molar-refractivity contribution in [2.45, 2.75) is 59.3 Å². The summed E-state index contributed by atoms with van der Waals surface area (Å²) in [5.74, 6) is 3.38. The van der Waals surface area contributed by atoms with Crippen LogP contribution in [-0.4, -0.2) is 5.78 Å². The molecule has 4 fully saturated rings. The maximum Gasteiger partial charge on any atom is 0.130 e. The predicted molar refractivity (Wildman–Crippen MR) is 62.6 cm³/mol. The second-order valence-corrected chi connectivity index (χ2v) is 6.30. The fraction of sp³-hybridized carbons (Fsp3) is 0.929. The Balaban J connectivity index is 0.000000853. The van der Waals surface area contributed by atoms with Gasteiger partial charge >= 0.3 is 0 Å². The van der Waals surface area contributed by atoms with E-state index in [0.29, 0.717) is 11.2 Å². The zero-order valence-corrected chi connectivity index (χ0v) is 9.09. The summed E-state index contributed by atoms with van der Waals surface area (Å²) in [6.07, 6.45) is 9.46. The molecule has 0 atom stereocenters. The third-order valence-electron chi connectivity index (χ3n) is 4.79. The average molecular weight is 208 g/mol. The third kappa shape index (κ3) is 1.86. The molecule has 4 saturated carbocycles. The van der Waals surface area contributed by atoms with E-state index in [1.165, 1.54) is 38.5 Å². The van der Waals surface area contributed by atoms with Crippen LogP contribution >= 0.6 is 0 Å². The number of rotatable bonds is 2. The molecule has 86 valence electrons. The largest absolute Gasteiger partial charge is 0.300 e. The van der Waals surface area contributed by atoms with Crippen molar-refractivity contribution in [2.75, 3.05) is 0 Å². The van der Waals surface area contributed by atoms with Gasteiger partial charge in [0.2, 0.25) is 0 Å². The molecule has 4 aliphatic rings. The van der Waals surface area contributed by atoms with Crippen molar-refractivity contribution in [1.29, 1.82) is 0 Å². The maximum atomic E-state index is 11.3. The fourth-order valence-corrected chi connectivity index (χ4v) is 5.03. The molecular weight excluding hydrogens is 184 g/mol. The molecule has 0 saturated heterocycles. The molecule has 0 unspecified atom stereocenters. The highest BCUT2D eigenvalue weighted by Gasteiger charge is 2.50. The van der Waals surface area contributed by atoms with Crippen molar-refractivity contribution in [2.24, 2.45) is 23.2 Å².